The predicted molar refractivity (Wildman–Crippen MR) is 67.6 cm³/mol. The zero-order chi connectivity index (χ0) is 14.2. The van der Waals surface area contributed by atoms with Gasteiger partial charge in [0.2, 0.25) is 0 Å². The summed E-state index contributed by atoms with van der Waals surface area (Å²) in [7, 11) is 0. The van der Waals surface area contributed by atoms with Gasteiger partial charge in [-0.1, -0.05) is 6.07 Å². The number of aliphatic imine (C=N–C) groups is 1. The minimum Gasteiger partial charge on any atom is -0.351 e. The van der Waals surface area contributed by atoms with Crippen LogP contribution in [0.15, 0.2) is 23.2 Å². The monoisotopic (exact) mass is 267 g/mol. The Morgan fingerprint density at radius 3 is 2.53 bits per heavy atom. The van der Waals surface area contributed by atoms with E-state index in [2.05, 4.69) is 15.6 Å². The zero-order valence-electron chi connectivity index (χ0n) is 10.9. The Bertz CT molecular complexity index is 549. The van der Waals surface area contributed by atoms with Crippen LogP contribution in [-0.2, 0) is 4.79 Å². The molecule has 102 valence electrons. The fourth-order valence-electron chi connectivity index (χ4n) is 1.73. The lowest BCUT2D eigenvalue weighted by Crippen LogP contribution is -2.46. The van der Waals surface area contributed by atoms with Crippen molar-refractivity contribution in [2.24, 2.45) is 4.99 Å². The fraction of sp³-hybridized carbons (Fsp3) is 0.385. The van der Waals surface area contributed by atoms with Crippen molar-refractivity contribution >= 4 is 11.9 Å². The molecular weight excluding hydrogens is 252 g/mol. The summed E-state index contributed by atoms with van der Waals surface area (Å²) in [6.07, 6.45) is 0. The summed E-state index contributed by atoms with van der Waals surface area (Å²) in [5, 5.41) is 5.60. The highest BCUT2D eigenvalue weighted by Crippen LogP contribution is 2.23. The van der Waals surface area contributed by atoms with Gasteiger partial charge in [0.25, 0.3) is 5.91 Å². The Morgan fingerprint density at radius 1 is 1.26 bits per heavy atom. The van der Waals surface area contributed by atoms with Crippen LogP contribution in [0.3, 0.4) is 0 Å². The third-order valence-corrected chi connectivity index (χ3v) is 2.50. The second-order valence-corrected chi connectivity index (χ2v) is 5.42. The van der Waals surface area contributed by atoms with Crippen LogP contribution in [-0.4, -0.2) is 17.4 Å². The van der Waals surface area contributed by atoms with E-state index in [1.807, 2.05) is 20.8 Å². The van der Waals surface area contributed by atoms with E-state index in [9.17, 15) is 13.6 Å². The lowest BCUT2D eigenvalue weighted by atomic mass is 10.1. The van der Waals surface area contributed by atoms with E-state index in [0.29, 0.717) is 11.5 Å². The van der Waals surface area contributed by atoms with E-state index in [4.69, 9.17) is 0 Å². The number of carbonyl (C=O) groups excluding carboxylic acids is 1. The molecule has 1 unspecified atom stereocenters. The highest BCUT2D eigenvalue weighted by atomic mass is 19.2. The molecule has 0 fully saturated rings. The molecule has 1 atom stereocenters. The summed E-state index contributed by atoms with van der Waals surface area (Å²) in [5.74, 6) is -1.96. The second kappa shape index (κ2) is 4.60. The Hall–Kier alpha value is -1.98. The van der Waals surface area contributed by atoms with Crippen molar-refractivity contribution in [2.45, 2.75) is 32.4 Å². The van der Waals surface area contributed by atoms with Gasteiger partial charge in [0.05, 0.1) is 0 Å². The first-order valence-electron chi connectivity index (χ1n) is 5.88. The predicted octanol–water partition coefficient (Wildman–Crippen LogP) is 1.88. The number of nitrogens with zero attached hydrogens (tertiary/aromatic N) is 1. The lowest BCUT2D eigenvalue weighted by molar-refractivity contribution is -0.120. The molecule has 0 bridgehead atoms. The third-order valence-electron chi connectivity index (χ3n) is 2.50. The summed E-state index contributed by atoms with van der Waals surface area (Å²) < 4.78 is 26.0. The maximum atomic E-state index is 13.2. The van der Waals surface area contributed by atoms with E-state index in [0.717, 1.165) is 12.1 Å². The SMILES string of the molecule is CC(C)(C)NC1=NC(c2ccc(F)c(F)c2)C(=O)N1. The van der Waals surface area contributed by atoms with E-state index in [1.165, 1.54) is 6.07 Å². The van der Waals surface area contributed by atoms with Gasteiger partial charge in [0.15, 0.2) is 23.6 Å². The number of carbonyl (C=O) groups is 1. The Kier molecular flexibility index (Phi) is 3.26. The van der Waals surface area contributed by atoms with Crippen LogP contribution < -0.4 is 10.6 Å². The molecule has 1 aromatic rings. The molecule has 6 heteroatoms. The molecule has 1 aromatic carbocycles. The number of amides is 1. The Labute approximate surface area is 109 Å². The van der Waals surface area contributed by atoms with Crippen LogP contribution >= 0.6 is 0 Å². The van der Waals surface area contributed by atoms with E-state index in [1.54, 1.807) is 0 Å². The van der Waals surface area contributed by atoms with Gasteiger partial charge in [-0.3, -0.25) is 10.1 Å². The van der Waals surface area contributed by atoms with Gasteiger partial charge in [0, 0.05) is 5.54 Å². The Morgan fingerprint density at radius 2 is 1.95 bits per heavy atom. The molecule has 0 aromatic heterocycles. The van der Waals surface area contributed by atoms with Gasteiger partial charge in [-0.2, -0.15) is 0 Å². The van der Waals surface area contributed by atoms with Crippen LogP contribution in [0.5, 0.6) is 0 Å². The molecule has 0 saturated heterocycles. The molecule has 0 saturated carbocycles. The fourth-order valence-corrected chi connectivity index (χ4v) is 1.73. The summed E-state index contributed by atoms with van der Waals surface area (Å²) >= 11 is 0. The molecule has 0 radical (unpaired) electrons. The first kappa shape index (κ1) is 13.5. The maximum Gasteiger partial charge on any atom is 0.256 e. The second-order valence-electron chi connectivity index (χ2n) is 5.42. The highest BCUT2D eigenvalue weighted by molar-refractivity contribution is 6.05. The van der Waals surface area contributed by atoms with Crippen LogP contribution in [0.4, 0.5) is 8.78 Å². The molecule has 2 N–H and O–H groups in total. The molecule has 0 aliphatic carbocycles. The van der Waals surface area contributed by atoms with E-state index in [-0.39, 0.29) is 11.4 Å². The van der Waals surface area contributed by atoms with Crippen molar-refractivity contribution in [1.82, 2.24) is 10.6 Å². The van der Waals surface area contributed by atoms with Crippen LogP contribution in [0.1, 0.15) is 32.4 Å². The average Bonchev–Trinajstić information content (AvgIpc) is 2.61. The number of hydrogen-bond acceptors (Lipinski definition) is 3. The average molecular weight is 267 g/mol. The molecule has 1 aliphatic heterocycles. The van der Waals surface area contributed by atoms with Gasteiger partial charge in [0.1, 0.15) is 0 Å². The summed E-state index contributed by atoms with van der Waals surface area (Å²) in [5.41, 5.74) is 0.0665. The molecule has 19 heavy (non-hydrogen) atoms. The first-order valence-corrected chi connectivity index (χ1v) is 5.88. The molecule has 1 heterocycles. The number of nitrogens with one attached hydrogen (secondary N) is 2. The van der Waals surface area contributed by atoms with E-state index < -0.39 is 17.7 Å². The maximum absolute atomic E-state index is 13.2. The van der Waals surface area contributed by atoms with Gasteiger partial charge in [-0.15, -0.1) is 0 Å². The number of hydrogen-bond donors (Lipinski definition) is 2. The van der Waals surface area contributed by atoms with Crippen LogP contribution in [0.2, 0.25) is 0 Å². The normalized spacial score (nSPS) is 19.1. The van der Waals surface area contributed by atoms with Crippen molar-refractivity contribution in [3.63, 3.8) is 0 Å². The summed E-state index contributed by atoms with van der Waals surface area (Å²) in [6, 6.07) is 2.48. The molecule has 2 rings (SSSR count). The van der Waals surface area contributed by atoms with Crippen molar-refractivity contribution in [1.29, 1.82) is 0 Å². The molecule has 4 nitrogen and oxygen atoms in total. The summed E-state index contributed by atoms with van der Waals surface area (Å²) in [6.45, 7) is 5.77. The van der Waals surface area contributed by atoms with Crippen molar-refractivity contribution in [3.05, 3.63) is 35.4 Å². The van der Waals surface area contributed by atoms with Crippen LogP contribution in [0.25, 0.3) is 0 Å². The van der Waals surface area contributed by atoms with Gasteiger partial charge >= 0.3 is 0 Å². The van der Waals surface area contributed by atoms with Gasteiger partial charge in [-0.05, 0) is 38.5 Å². The number of halogens is 2. The zero-order valence-corrected chi connectivity index (χ0v) is 10.9. The largest absolute Gasteiger partial charge is 0.351 e. The summed E-state index contributed by atoms with van der Waals surface area (Å²) in [4.78, 5) is 15.9. The van der Waals surface area contributed by atoms with Crippen molar-refractivity contribution in [2.75, 3.05) is 0 Å². The molecule has 0 spiro atoms. The van der Waals surface area contributed by atoms with Crippen molar-refractivity contribution < 1.29 is 13.6 Å². The van der Waals surface area contributed by atoms with Crippen molar-refractivity contribution in [3.8, 4) is 0 Å². The highest BCUT2D eigenvalue weighted by Gasteiger charge is 2.30. The van der Waals surface area contributed by atoms with Gasteiger partial charge < -0.3 is 5.32 Å². The van der Waals surface area contributed by atoms with E-state index >= 15 is 0 Å². The molecular formula is C13H15F2N3O. The quantitative estimate of drug-likeness (QED) is 0.816. The van der Waals surface area contributed by atoms with Gasteiger partial charge in [-0.25, -0.2) is 13.8 Å². The standard InChI is InChI=1S/C13H15F2N3O/c1-13(2,3)18-12-16-10(11(19)17-12)7-4-5-8(14)9(15)6-7/h4-6,10H,1-3H3,(H2,16,17,18,19). The minimum atomic E-state index is -0.988. The smallest absolute Gasteiger partial charge is 0.256 e. The number of rotatable bonds is 1. The minimum absolute atomic E-state index is 0.255. The first-order chi connectivity index (χ1) is 8.76. The number of guanidine groups is 1. The lowest BCUT2D eigenvalue weighted by Gasteiger charge is -2.21. The van der Waals surface area contributed by atoms with Crippen LogP contribution in [0, 0.1) is 11.6 Å². The Balaban J connectivity index is 2.25. The third kappa shape index (κ3) is 3.07. The molecule has 1 aliphatic rings. The topological polar surface area (TPSA) is 53.5 Å². The molecule has 1 amide bonds. The number of benzene rings is 1.